The molecule has 0 spiro atoms. The summed E-state index contributed by atoms with van der Waals surface area (Å²) in [5, 5.41) is 26.2. The number of carbonyl (C=O) groups excluding carboxylic acids is 1. The van der Waals surface area contributed by atoms with E-state index in [0.717, 1.165) is 11.4 Å². The van der Waals surface area contributed by atoms with E-state index in [9.17, 15) is 20.0 Å². The molecule has 0 saturated carbocycles. The van der Waals surface area contributed by atoms with Crippen molar-refractivity contribution >= 4 is 11.6 Å². The number of nitrogens with zero attached hydrogens (tertiary/aromatic N) is 6. The Morgan fingerprint density at radius 1 is 1.19 bits per heavy atom. The van der Waals surface area contributed by atoms with Crippen molar-refractivity contribution in [2.75, 3.05) is 5.32 Å². The number of carbonyl (C=O) groups is 1. The van der Waals surface area contributed by atoms with E-state index in [-0.39, 0.29) is 11.5 Å². The highest BCUT2D eigenvalue weighted by atomic mass is 16.5. The molecule has 0 bridgehead atoms. The third-order valence-corrected chi connectivity index (χ3v) is 6.06. The molecular formula is C25H23N7O4. The Balaban J connectivity index is 1.89. The Labute approximate surface area is 206 Å². The van der Waals surface area contributed by atoms with E-state index in [0.29, 0.717) is 16.8 Å². The molecule has 0 fully saturated rings. The Hall–Kier alpha value is -4.85. The van der Waals surface area contributed by atoms with Gasteiger partial charge in [-0.2, -0.15) is 5.26 Å². The lowest BCUT2D eigenvalue weighted by molar-refractivity contribution is 0.101. The summed E-state index contributed by atoms with van der Waals surface area (Å²) in [5.41, 5.74) is 2.17. The van der Waals surface area contributed by atoms with E-state index in [1.165, 1.54) is 24.1 Å². The van der Waals surface area contributed by atoms with Gasteiger partial charge in [0.1, 0.15) is 17.8 Å². The zero-order valence-corrected chi connectivity index (χ0v) is 20.1. The van der Waals surface area contributed by atoms with Crippen LogP contribution in [0.5, 0.6) is 5.75 Å². The van der Waals surface area contributed by atoms with Crippen LogP contribution in [0.2, 0.25) is 0 Å². The molecule has 4 aromatic rings. The molecule has 0 aliphatic heterocycles. The molecule has 11 nitrogen and oxygen atoms in total. The van der Waals surface area contributed by atoms with Crippen LogP contribution >= 0.6 is 0 Å². The molecule has 2 N–H and O–H groups in total. The van der Waals surface area contributed by atoms with Crippen LogP contribution in [-0.4, -0.2) is 35.7 Å². The number of benzene rings is 1. The third kappa shape index (κ3) is 4.44. The van der Waals surface area contributed by atoms with Crippen LogP contribution in [0, 0.1) is 25.2 Å². The predicted octanol–water partition coefficient (Wildman–Crippen LogP) is 2.94. The molecule has 0 aliphatic rings. The zero-order chi connectivity index (χ0) is 26.0. The fourth-order valence-electron chi connectivity index (χ4n) is 4.04. The Morgan fingerprint density at radius 3 is 2.61 bits per heavy atom. The van der Waals surface area contributed by atoms with E-state index in [1.807, 2.05) is 32.9 Å². The Bertz CT molecular complexity index is 1540. The number of nitrogens with one attached hydrogen (secondary N) is 1. The molecule has 0 aliphatic carbocycles. The van der Waals surface area contributed by atoms with Crippen LogP contribution in [0.1, 0.15) is 63.3 Å². The lowest BCUT2D eigenvalue weighted by Gasteiger charge is -2.26. The average Bonchev–Trinajstić information content (AvgIpc) is 3.38. The average molecular weight is 486 g/mol. The molecule has 3 aromatic heterocycles. The van der Waals surface area contributed by atoms with Gasteiger partial charge in [0.15, 0.2) is 5.69 Å². The van der Waals surface area contributed by atoms with Crippen LogP contribution in [-0.2, 0) is 7.05 Å². The largest absolute Gasteiger partial charge is 0.501 e. The standard InChI is InChI=1S/C25H23N7O4/c1-13(20(18-8-6-5-7-16(18)9-26)19-11-27-14(2)15(3)29-19)23-31-21(22(33)25(35)32(23)4)24(34)30-17-10-28-36-12-17/h5-8,10-13,20,33H,1-4H3,(H,30,34). The molecule has 2 atom stereocenters. The van der Waals surface area contributed by atoms with Crippen LogP contribution in [0.4, 0.5) is 5.69 Å². The summed E-state index contributed by atoms with van der Waals surface area (Å²) in [7, 11) is 1.46. The summed E-state index contributed by atoms with van der Waals surface area (Å²) in [5.74, 6) is -2.48. The predicted molar refractivity (Wildman–Crippen MR) is 129 cm³/mol. The SMILES string of the molecule is Cc1ncc(C(c2ccccc2C#N)C(C)c2nc(C(=O)Nc3cnoc3)c(O)c(=O)n2C)nc1C. The summed E-state index contributed by atoms with van der Waals surface area (Å²) in [6, 6.07) is 9.30. The van der Waals surface area contributed by atoms with Gasteiger partial charge in [0.2, 0.25) is 5.75 Å². The lowest BCUT2D eigenvalue weighted by Crippen LogP contribution is -2.30. The van der Waals surface area contributed by atoms with E-state index in [4.69, 9.17) is 9.51 Å². The third-order valence-electron chi connectivity index (χ3n) is 6.06. The number of rotatable bonds is 6. The number of aromatic hydroxyl groups is 1. The summed E-state index contributed by atoms with van der Waals surface area (Å²) >= 11 is 0. The Morgan fingerprint density at radius 2 is 1.94 bits per heavy atom. The van der Waals surface area contributed by atoms with E-state index in [1.54, 1.807) is 18.3 Å². The minimum Gasteiger partial charge on any atom is -0.501 e. The molecule has 0 saturated heterocycles. The number of hydrogen-bond acceptors (Lipinski definition) is 9. The van der Waals surface area contributed by atoms with Crippen molar-refractivity contribution in [1.29, 1.82) is 5.26 Å². The molecular weight excluding hydrogens is 462 g/mol. The second-order valence-corrected chi connectivity index (χ2v) is 8.33. The summed E-state index contributed by atoms with van der Waals surface area (Å²) in [6.45, 7) is 5.50. The molecule has 36 heavy (non-hydrogen) atoms. The summed E-state index contributed by atoms with van der Waals surface area (Å²) in [6.07, 6.45) is 4.11. The first kappa shape index (κ1) is 24.3. The topological polar surface area (TPSA) is 160 Å². The van der Waals surface area contributed by atoms with Crippen molar-refractivity contribution in [2.24, 2.45) is 7.05 Å². The van der Waals surface area contributed by atoms with Crippen molar-refractivity contribution in [1.82, 2.24) is 24.7 Å². The van der Waals surface area contributed by atoms with Crippen LogP contribution in [0.3, 0.4) is 0 Å². The number of hydrogen-bond donors (Lipinski definition) is 2. The number of anilines is 1. The maximum absolute atomic E-state index is 12.9. The van der Waals surface area contributed by atoms with Crippen molar-refractivity contribution in [3.05, 3.63) is 93.0 Å². The maximum atomic E-state index is 12.9. The van der Waals surface area contributed by atoms with Crippen molar-refractivity contribution in [3.63, 3.8) is 0 Å². The first-order valence-electron chi connectivity index (χ1n) is 11.0. The fourth-order valence-corrected chi connectivity index (χ4v) is 4.04. The van der Waals surface area contributed by atoms with Gasteiger partial charge < -0.3 is 14.9 Å². The Kier molecular flexibility index (Phi) is 6.60. The first-order chi connectivity index (χ1) is 17.2. The highest BCUT2D eigenvalue weighted by molar-refractivity contribution is 6.04. The second kappa shape index (κ2) is 9.79. The van der Waals surface area contributed by atoms with Gasteiger partial charge in [-0.25, -0.2) is 4.98 Å². The molecule has 1 amide bonds. The fraction of sp³-hybridized carbons (Fsp3) is 0.240. The smallest absolute Gasteiger partial charge is 0.296 e. The molecule has 1 aromatic carbocycles. The monoisotopic (exact) mass is 485 g/mol. The van der Waals surface area contributed by atoms with Crippen molar-refractivity contribution in [2.45, 2.75) is 32.6 Å². The van der Waals surface area contributed by atoms with E-state index < -0.39 is 34.7 Å². The number of aromatic nitrogens is 5. The quantitative estimate of drug-likeness (QED) is 0.418. The minimum atomic E-state index is -0.804. The molecule has 182 valence electrons. The second-order valence-electron chi connectivity index (χ2n) is 8.33. The molecule has 11 heteroatoms. The lowest BCUT2D eigenvalue weighted by atomic mass is 9.81. The van der Waals surface area contributed by atoms with Gasteiger partial charge in [-0.15, -0.1) is 0 Å². The van der Waals surface area contributed by atoms with Crippen LogP contribution in [0.25, 0.3) is 0 Å². The normalized spacial score (nSPS) is 12.5. The molecule has 3 heterocycles. The summed E-state index contributed by atoms with van der Waals surface area (Å²) < 4.78 is 5.89. The van der Waals surface area contributed by atoms with Gasteiger partial charge in [0.05, 0.1) is 34.9 Å². The van der Waals surface area contributed by atoms with Gasteiger partial charge in [-0.3, -0.25) is 24.1 Å². The van der Waals surface area contributed by atoms with E-state index in [2.05, 4.69) is 26.5 Å². The van der Waals surface area contributed by atoms with Crippen molar-refractivity contribution in [3.8, 4) is 11.8 Å². The van der Waals surface area contributed by atoms with Gasteiger partial charge >= 0.3 is 0 Å². The minimum absolute atomic E-state index is 0.214. The molecule has 0 radical (unpaired) electrons. The first-order valence-corrected chi connectivity index (χ1v) is 11.0. The van der Waals surface area contributed by atoms with Crippen LogP contribution < -0.4 is 10.9 Å². The number of nitriles is 1. The molecule has 2 unspecified atom stereocenters. The van der Waals surface area contributed by atoms with E-state index >= 15 is 0 Å². The maximum Gasteiger partial charge on any atom is 0.296 e. The van der Waals surface area contributed by atoms with Crippen molar-refractivity contribution < 1.29 is 14.4 Å². The van der Waals surface area contributed by atoms with Gasteiger partial charge in [-0.1, -0.05) is 30.3 Å². The summed E-state index contributed by atoms with van der Waals surface area (Å²) in [4.78, 5) is 39.3. The highest BCUT2D eigenvalue weighted by Gasteiger charge is 2.32. The molecule has 4 rings (SSSR count). The van der Waals surface area contributed by atoms with Gasteiger partial charge in [0, 0.05) is 25.1 Å². The van der Waals surface area contributed by atoms with Crippen LogP contribution in [0.15, 0.2) is 52.2 Å². The number of amides is 1. The van der Waals surface area contributed by atoms with Gasteiger partial charge in [0.25, 0.3) is 11.5 Å². The highest BCUT2D eigenvalue weighted by Crippen LogP contribution is 2.38. The number of aryl methyl sites for hydroxylation is 2. The van der Waals surface area contributed by atoms with Gasteiger partial charge in [-0.05, 0) is 25.5 Å². The zero-order valence-electron chi connectivity index (χ0n) is 20.1.